The summed E-state index contributed by atoms with van der Waals surface area (Å²) < 4.78 is 12.6. The van der Waals surface area contributed by atoms with Crippen LogP contribution in [0.5, 0.6) is 0 Å². The molecule has 0 N–H and O–H groups in total. The molecule has 3 aliphatic rings. The third-order valence-electron chi connectivity index (χ3n) is 5.91. The molecule has 2 heterocycles. The monoisotopic (exact) mass is 295 g/mol. The molecule has 1 spiro atoms. The van der Waals surface area contributed by atoms with E-state index in [4.69, 9.17) is 9.47 Å². The molecule has 0 aromatic rings. The number of piperidine rings is 1. The minimum Gasteiger partial charge on any atom is -0.347 e. The Bertz CT molecular complexity index is 351. The minimum absolute atomic E-state index is 0.246. The van der Waals surface area contributed by atoms with Gasteiger partial charge in [0, 0.05) is 32.5 Å². The van der Waals surface area contributed by atoms with Gasteiger partial charge in [0.2, 0.25) is 0 Å². The summed E-state index contributed by atoms with van der Waals surface area (Å²) in [5, 5.41) is 0. The Morgan fingerprint density at radius 3 is 2.43 bits per heavy atom. The fraction of sp³-hybridized carbons (Fsp3) is 1.00. The zero-order chi connectivity index (χ0) is 15.0. The Kier molecular flexibility index (Phi) is 4.63. The summed E-state index contributed by atoms with van der Waals surface area (Å²) >= 11 is 0. The molecule has 3 rings (SSSR count). The zero-order valence-corrected chi connectivity index (χ0v) is 14.3. The molecule has 3 nitrogen and oxygen atoms in total. The molecule has 6 atom stereocenters. The minimum atomic E-state index is -0.246. The second kappa shape index (κ2) is 6.17. The van der Waals surface area contributed by atoms with Crippen molar-refractivity contribution in [3.8, 4) is 0 Å². The maximum absolute atomic E-state index is 6.42. The van der Waals surface area contributed by atoms with Gasteiger partial charge in [-0.25, -0.2) is 0 Å². The fourth-order valence-electron chi connectivity index (χ4n) is 4.70. The van der Waals surface area contributed by atoms with Crippen LogP contribution < -0.4 is 0 Å². The van der Waals surface area contributed by atoms with Crippen LogP contribution in [0.25, 0.3) is 0 Å². The van der Waals surface area contributed by atoms with E-state index in [1.165, 1.54) is 25.9 Å². The molecule has 6 unspecified atom stereocenters. The molecule has 2 saturated heterocycles. The molecule has 122 valence electrons. The van der Waals surface area contributed by atoms with Crippen LogP contribution in [-0.4, -0.2) is 43.0 Å². The molecular formula is C18H33NO2. The second-order valence-corrected chi connectivity index (χ2v) is 8.32. The van der Waals surface area contributed by atoms with Crippen LogP contribution in [0, 0.1) is 23.7 Å². The van der Waals surface area contributed by atoms with Gasteiger partial charge in [-0.3, -0.25) is 0 Å². The van der Waals surface area contributed by atoms with Gasteiger partial charge in [-0.2, -0.15) is 0 Å². The lowest BCUT2D eigenvalue weighted by Gasteiger charge is -2.39. The Morgan fingerprint density at radius 2 is 1.76 bits per heavy atom. The van der Waals surface area contributed by atoms with Crippen molar-refractivity contribution in [2.24, 2.45) is 23.7 Å². The molecule has 1 saturated carbocycles. The number of ether oxygens (including phenoxy) is 2. The van der Waals surface area contributed by atoms with Crippen molar-refractivity contribution in [1.29, 1.82) is 0 Å². The summed E-state index contributed by atoms with van der Waals surface area (Å²) in [6, 6.07) is 0. The zero-order valence-electron chi connectivity index (χ0n) is 14.3. The number of hydrogen-bond acceptors (Lipinski definition) is 3. The highest BCUT2D eigenvalue weighted by atomic mass is 16.7. The lowest BCUT2D eigenvalue weighted by atomic mass is 9.78. The van der Waals surface area contributed by atoms with E-state index in [1.807, 2.05) is 0 Å². The first-order chi connectivity index (χ1) is 9.96. The predicted octanol–water partition coefficient (Wildman–Crippen LogP) is 3.53. The fourth-order valence-corrected chi connectivity index (χ4v) is 4.70. The number of hydrogen-bond donors (Lipinski definition) is 0. The van der Waals surface area contributed by atoms with E-state index in [1.54, 1.807) is 0 Å². The highest BCUT2D eigenvalue weighted by Gasteiger charge is 2.46. The van der Waals surface area contributed by atoms with Crippen molar-refractivity contribution in [3.63, 3.8) is 0 Å². The summed E-state index contributed by atoms with van der Waals surface area (Å²) in [7, 11) is 0. The van der Waals surface area contributed by atoms with E-state index in [0.717, 1.165) is 43.7 Å². The molecule has 0 bridgehead atoms. The van der Waals surface area contributed by atoms with Crippen molar-refractivity contribution in [2.75, 3.05) is 26.2 Å². The molecule has 0 amide bonds. The molecule has 0 radical (unpaired) electrons. The van der Waals surface area contributed by atoms with Crippen molar-refractivity contribution in [1.82, 2.24) is 4.90 Å². The molecule has 0 aromatic carbocycles. The van der Waals surface area contributed by atoms with E-state index in [0.29, 0.717) is 5.92 Å². The van der Waals surface area contributed by atoms with Gasteiger partial charge < -0.3 is 14.4 Å². The molecule has 1 aliphatic carbocycles. The number of likely N-dealkylation sites (tertiary alicyclic amines) is 1. The van der Waals surface area contributed by atoms with E-state index in [9.17, 15) is 0 Å². The summed E-state index contributed by atoms with van der Waals surface area (Å²) in [4.78, 5) is 2.60. The normalized spacial score (nSPS) is 48.9. The lowest BCUT2D eigenvalue weighted by Crippen LogP contribution is -2.44. The first-order valence-electron chi connectivity index (χ1n) is 9.00. The van der Waals surface area contributed by atoms with E-state index in [2.05, 4.69) is 32.6 Å². The van der Waals surface area contributed by atoms with Gasteiger partial charge in [-0.15, -0.1) is 0 Å². The molecule has 0 aromatic heterocycles. The van der Waals surface area contributed by atoms with Gasteiger partial charge in [0.15, 0.2) is 5.79 Å². The summed E-state index contributed by atoms with van der Waals surface area (Å²) in [6.07, 6.45) is 5.06. The summed E-state index contributed by atoms with van der Waals surface area (Å²) in [6.45, 7) is 13.8. The summed E-state index contributed by atoms with van der Waals surface area (Å²) in [5.74, 6) is 2.92. The van der Waals surface area contributed by atoms with Gasteiger partial charge in [-0.1, -0.05) is 27.7 Å². The van der Waals surface area contributed by atoms with Gasteiger partial charge in [-0.05, 0) is 36.5 Å². The van der Waals surface area contributed by atoms with Crippen LogP contribution in [0.2, 0.25) is 0 Å². The molecule has 3 fully saturated rings. The molecule has 2 aliphatic heterocycles. The first kappa shape index (κ1) is 15.8. The largest absolute Gasteiger partial charge is 0.347 e. The Balaban J connectivity index is 1.53. The smallest absolute Gasteiger partial charge is 0.169 e. The third-order valence-corrected chi connectivity index (χ3v) is 5.91. The quantitative estimate of drug-likeness (QED) is 0.778. The third kappa shape index (κ3) is 3.62. The second-order valence-electron chi connectivity index (χ2n) is 8.32. The van der Waals surface area contributed by atoms with Gasteiger partial charge in [0.1, 0.15) is 0 Å². The van der Waals surface area contributed by atoms with Crippen LogP contribution in [-0.2, 0) is 9.47 Å². The van der Waals surface area contributed by atoms with Gasteiger partial charge in [0.25, 0.3) is 0 Å². The van der Waals surface area contributed by atoms with Crippen molar-refractivity contribution in [3.05, 3.63) is 0 Å². The van der Waals surface area contributed by atoms with Crippen LogP contribution in [0.1, 0.15) is 53.4 Å². The van der Waals surface area contributed by atoms with Crippen LogP contribution in [0.3, 0.4) is 0 Å². The standard InChI is InChI=1S/C18H33NO2/c1-13-7-14(2)10-19(9-13)11-17-12-20-18(21-17)6-5-15(3)16(4)8-18/h13-17H,5-12H2,1-4H3. The molecule has 21 heavy (non-hydrogen) atoms. The Morgan fingerprint density at radius 1 is 1.05 bits per heavy atom. The highest BCUT2D eigenvalue weighted by molar-refractivity contribution is 4.88. The van der Waals surface area contributed by atoms with Gasteiger partial charge in [0.05, 0.1) is 12.7 Å². The highest BCUT2D eigenvalue weighted by Crippen LogP contribution is 2.43. The average molecular weight is 295 g/mol. The van der Waals surface area contributed by atoms with E-state index < -0.39 is 0 Å². The van der Waals surface area contributed by atoms with Crippen molar-refractivity contribution < 1.29 is 9.47 Å². The SMILES string of the molecule is CC1CC(C)CN(CC2COC3(CCC(C)C(C)C3)O2)C1. The first-order valence-corrected chi connectivity index (χ1v) is 9.00. The van der Waals surface area contributed by atoms with Crippen LogP contribution in [0.15, 0.2) is 0 Å². The predicted molar refractivity (Wildman–Crippen MR) is 85.1 cm³/mol. The molecule has 3 heteroatoms. The Hall–Kier alpha value is -0.120. The maximum Gasteiger partial charge on any atom is 0.169 e. The average Bonchev–Trinajstić information content (AvgIpc) is 2.76. The Labute approximate surface area is 130 Å². The van der Waals surface area contributed by atoms with Crippen LogP contribution >= 0.6 is 0 Å². The van der Waals surface area contributed by atoms with Gasteiger partial charge >= 0.3 is 0 Å². The van der Waals surface area contributed by atoms with E-state index >= 15 is 0 Å². The maximum atomic E-state index is 6.42. The van der Waals surface area contributed by atoms with Crippen LogP contribution in [0.4, 0.5) is 0 Å². The molecular weight excluding hydrogens is 262 g/mol. The lowest BCUT2D eigenvalue weighted by molar-refractivity contribution is -0.203. The van der Waals surface area contributed by atoms with Crippen molar-refractivity contribution in [2.45, 2.75) is 65.3 Å². The van der Waals surface area contributed by atoms with Crippen molar-refractivity contribution >= 4 is 0 Å². The topological polar surface area (TPSA) is 21.7 Å². The summed E-state index contributed by atoms with van der Waals surface area (Å²) in [5.41, 5.74) is 0. The number of nitrogens with zero attached hydrogens (tertiary/aromatic N) is 1. The van der Waals surface area contributed by atoms with E-state index in [-0.39, 0.29) is 11.9 Å². The number of rotatable bonds is 2.